The molecule has 1 rings (SSSR count). The van der Waals surface area contributed by atoms with Gasteiger partial charge in [-0.05, 0) is 30.9 Å². The summed E-state index contributed by atoms with van der Waals surface area (Å²) in [4.78, 5) is 0. The molecule has 20 heavy (non-hydrogen) atoms. The number of aliphatic hydroxyl groups excluding tert-OH is 1. The minimum atomic E-state index is -0.569. The summed E-state index contributed by atoms with van der Waals surface area (Å²) in [6.07, 6.45) is 1.60. The largest absolute Gasteiger partial charge is 0.389 e. The van der Waals surface area contributed by atoms with Gasteiger partial charge in [0.15, 0.2) is 0 Å². The third-order valence-electron chi connectivity index (χ3n) is 2.96. The SMILES string of the molecule is CC(C)CCCOCC(O)CNc1ccccc1C#N. The first-order valence-electron chi connectivity index (χ1n) is 7.12. The number of ether oxygens (including phenoxy) is 1. The Labute approximate surface area is 121 Å². The maximum Gasteiger partial charge on any atom is 0.101 e. The minimum Gasteiger partial charge on any atom is -0.389 e. The van der Waals surface area contributed by atoms with Gasteiger partial charge in [-0.3, -0.25) is 0 Å². The summed E-state index contributed by atoms with van der Waals surface area (Å²) in [5.41, 5.74) is 1.33. The second-order valence-corrected chi connectivity index (χ2v) is 5.30. The number of hydrogen-bond donors (Lipinski definition) is 2. The molecule has 0 aliphatic carbocycles. The van der Waals surface area contributed by atoms with E-state index in [-0.39, 0.29) is 0 Å². The highest BCUT2D eigenvalue weighted by Crippen LogP contribution is 2.13. The molecule has 1 unspecified atom stereocenters. The lowest BCUT2D eigenvalue weighted by Crippen LogP contribution is -2.25. The summed E-state index contributed by atoms with van der Waals surface area (Å²) < 4.78 is 5.44. The minimum absolute atomic E-state index is 0.319. The lowest BCUT2D eigenvalue weighted by atomic mass is 10.1. The van der Waals surface area contributed by atoms with Gasteiger partial charge in [0.2, 0.25) is 0 Å². The van der Waals surface area contributed by atoms with Crippen LogP contribution in [0.1, 0.15) is 32.3 Å². The fourth-order valence-electron chi connectivity index (χ4n) is 1.83. The van der Waals surface area contributed by atoms with Gasteiger partial charge in [0.1, 0.15) is 6.07 Å². The van der Waals surface area contributed by atoms with Crippen molar-refractivity contribution in [2.24, 2.45) is 5.92 Å². The van der Waals surface area contributed by atoms with Crippen molar-refractivity contribution < 1.29 is 9.84 Å². The molecule has 0 aliphatic heterocycles. The monoisotopic (exact) mass is 276 g/mol. The van der Waals surface area contributed by atoms with Gasteiger partial charge in [0.25, 0.3) is 0 Å². The highest BCUT2D eigenvalue weighted by Gasteiger charge is 2.06. The van der Waals surface area contributed by atoms with Gasteiger partial charge in [-0.25, -0.2) is 0 Å². The van der Waals surface area contributed by atoms with Gasteiger partial charge in [0, 0.05) is 13.2 Å². The van der Waals surface area contributed by atoms with E-state index in [4.69, 9.17) is 10.00 Å². The maximum atomic E-state index is 9.81. The van der Waals surface area contributed by atoms with E-state index in [1.807, 2.05) is 18.2 Å². The third-order valence-corrected chi connectivity index (χ3v) is 2.96. The molecule has 0 bridgehead atoms. The van der Waals surface area contributed by atoms with Crippen LogP contribution in [0.4, 0.5) is 5.69 Å². The first-order valence-corrected chi connectivity index (χ1v) is 7.12. The van der Waals surface area contributed by atoms with Crippen LogP contribution in [0.15, 0.2) is 24.3 Å². The molecule has 0 heterocycles. The molecule has 0 aromatic heterocycles. The number of aliphatic hydroxyl groups is 1. The topological polar surface area (TPSA) is 65.3 Å². The Hall–Kier alpha value is -1.57. The van der Waals surface area contributed by atoms with Crippen LogP contribution in [0, 0.1) is 17.2 Å². The van der Waals surface area contributed by atoms with Crippen molar-refractivity contribution in [1.29, 1.82) is 5.26 Å². The normalized spacial score (nSPS) is 12.2. The standard InChI is InChI=1S/C16H24N2O2/c1-13(2)6-5-9-20-12-15(19)11-18-16-8-4-3-7-14(16)10-17/h3-4,7-8,13,15,18-19H,5-6,9,11-12H2,1-2H3. The van der Waals surface area contributed by atoms with Gasteiger partial charge in [-0.2, -0.15) is 5.26 Å². The fourth-order valence-corrected chi connectivity index (χ4v) is 1.83. The Kier molecular flexibility index (Phi) is 7.71. The molecule has 2 N–H and O–H groups in total. The van der Waals surface area contributed by atoms with Crippen molar-refractivity contribution in [3.05, 3.63) is 29.8 Å². The molecule has 4 nitrogen and oxygen atoms in total. The van der Waals surface area contributed by atoms with Gasteiger partial charge >= 0.3 is 0 Å². The van der Waals surface area contributed by atoms with Crippen LogP contribution in [-0.2, 0) is 4.74 Å². The number of nitrogens with zero attached hydrogens (tertiary/aromatic N) is 1. The van der Waals surface area contributed by atoms with Crippen molar-refractivity contribution in [2.45, 2.75) is 32.8 Å². The molecule has 1 atom stereocenters. The number of anilines is 1. The Morgan fingerprint density at radius 2 is 2.10 bits per heavy atom. The van der Waals surface area contributed by atoms with Crippen molar-refractivity contribution >= 4 is 5.69 Å². The van der Waals surface area contributed by atoms with Crippen molar-refractivity contribution in [1.82, 2.24) is 0 Å². The van der Waals surface area contributed by atoms with Gasteiger partial charge in [-0.1, -0.05) is 26.0 Å². The first-order chi connectivity index (χ1) is 9.63. The zero-order chi connectivity index (χ0) is 14.8. The molecule has 0 saturated heterocycles. The number of hydrogen-bond acceptors (Lipinski definition) is 4. The van der Waals surface area contributed by atoms with Crippen LogP contribution in [0.5, 0.6) is 0 Å². The van der Waals surface area contributed by atoms with Gasteiger partial charge in [0.05, 0.1) is 24.0 Å². The number of nitrogens with one attached hydrogen (secondary N) is 1. The van der Waals surface area contributed by atoms with E-state index in [9.17, 15) is 5.11 Å². The summed E-state index contributed by atoms with van der Waals surface area (Å²) >= 11 is 0. The second-order valence-electron chi connectivity index (χ2n) is 5.30. The van der Waals surface area contributed by atoms with Crippen molar-refractivity contribution in [3.63, 3.8) is 0 Å². The van der Waals surface area contributed by atoms with E-state index in [0.717, 1.165) is 18.5 Å². The van der Waals surface area contributed by atoms with Crippen LogP contribution in [0.3, 0.4) is 0 Å². The average Bonchev–Trinajstić information content (AvgIpc) is 2.44. The van der Waals surface area contributed by atoms with E-state index in [2.05, 4.69) is 25.2 Å². The number of nitriles is 1. The molecular formula is C16H24N2O2. The highest BCUT2D eigenvalue weighted by molar-refractivity contribution is 5.57. The van der Waals surface area contributed by atoms with E-state index in [1.165, 1.54) is 0 Å². The molecular weight excluding hydrogens is 252 g/mol. The Balaban J connectivity index is 2.20. The van der Waals surface area contributed by atoms with Crippen LogP contribution in [0.25, 0.3) is 0 Å². The molecule has 0 radical (unpaired) electrons. The molecule has 0 amide bonds. The lowest BCUT2D eigenvalue weighted by Gasteiger charge is -2.14. The van der Waals surface area contributed by atoms with Gasteiger partial charge < -0.3 is 15.2 Å². The second kappa shape index (κ2) is 9.35. The molecule has 0 fully saturated rings. The molecule has 4 heteroatoms. The van der Waals surface area contributed by atoms with Crippen molar-refractivity contribution in [2.75, 3.05) is 25.1 Å². The predicted octanol–water partition coefficient (Wildman–Crippen LogP) is 2.78. The molecule has 0 saturated carbocycles. The first kappa shape index (κ1) is 16.5. The van der Waals surface area contributed by atoms with E-state index in [1.54, 1.807) is 6.07 Å². The van der Waals surface area contributed by atoms with E-state index < -0.39 is 6.10 Å². The number of para-hydroxylation sites is 1. The van der Waals surface area contributed by atoms with Gasteiger partial charge in [-0.15, -0.1) is 0 Å². The molecule has 1 aromatic rings. The zero-order valence-corrected chi connectivity index (χ0v) is 12.3. The van der Waals surface area contributed by atoms with Crippen LogP contribution in [-0.4, -0.2) is 31.0 Å². The fraction of sp³-hybridized carbons (Fsp3) is 0.562. The quantitative estimate of drug-likeness (QED) is 0.681. The Morgan fingerprint density at radius 1 is 1.35 bits per heavy atom. The number of benzene rings is 1. The zero-order valence-electron chi connectivity index (χ0n) is 12.3. The van der Waals surface area contributed by atoms with Crippen LogP contribution >= 0.6 is 0 Å². The molecule has 0 aliphatic rings. The smallest absolute Gasteiger partial charge is 0.101 e. The van der Waals surface area contributed by atoms with E-state index in [0.29, 0.717) is 31.2 Å². The summed E-state index contributed by atoms with van der Waals surface area (Å²) in [6.45, 7) is 5.75. The predicted molar refractivity (Wildman–Crippen MR) is 80.5 cm³/mol. The molecule has 110 valence electrons. The summed E-state index contributed by atoms with van der Waals surface area (Å²) in [5, 5.41) is 21.8. The third kappa shape index (κ3) is 6.55. The van der Waals surface area contributed by atoms with Crippen LogP contribution < -0.4 is 5.32 Å². The number of rotatable bonds is 9. The summed E-state index contributed by atoms with van der Waals surface area (Å²) in [5.74, 6) is 0.688. The molecule has 0 spiro atoms. The average molecular weight is 276 g/mol. The Morgan fingerprint density at radius 3 is 2.80 bits per heavy atom. The van der Waals surface area contributed by atoms with E-state index >= 15 is 0 Å². The molecule has 1 aromatic carbocycles. The lowest BCUT2D eigenvalue weighted by molar-refractivity contribution is 0.0409. The van der Waals surface area contributed by atoms with Crippen LogP contribution in [0.2, 0.25) is 0 Å². The maximum absolute atomic E-state index is 9.81. The Bertz CT molecular complexity index is 427. The summed E-state index contributed by atoms with van der Waals surface area (Å²) in [6, 6.07) is 9.37. The highest BCUT2D eigenvalue weighted by atomic mass is 16.5. The van der Waals surface area contributed by atoms with Crippen molar-refractivity contribution in [3.8, 4) is 6.07 Å². The summed E-state index contributed by atoms with van der Waals surface area (Å²) in [7, 11) is 0.